The highest BCUT2D eigenvalue weighted by molar-refractivity contribution is 7.10. The molecule has 1 saturated heterocycles. The molecule has 2 unspecified atom stereocenters. The molecule has 106 valence electrons. The number of nitrogens with two attached hydrogens (primary N) is 1. The Kier molecular flexibility index (Phi) is 4.22. The van der Waals surface area contributed by atoms with Gasteiger partial charge < -0.3 is 10.6 Å². The first-order valence-corrected chi connectivity index (χ1v) is 8.37. The van der Waals surface area contributed by atoms with Crippen molar-refractivity contribution in [1.82, 2.24) is 9.80 Å². The summed E-state index contributed by atoms with van der Waals surface area (Å²) in [6.07, 6.45) is 2.91. The van der Waals surface area contributed by atoms with Crippen LogP contribution in [0.25, 0.3) is 0 Å². The molecule has 0 spiro atoms. The lowest BCUT2D eigenvalue weighted by Crippen LogP contribution is -2.51. The Bertz CT molecular complexity index is 378. The maximum absolute atomic E-state index is 6.24. The fourth-order valence-electron chi connectivity index (χ4n) is 3.12. The van der Waals surface area contributed by atoms with Crippen LogP contribution in [0.2, 0.25) is 0 Å². The highest BCUT2D eigenvalue weighted by atomic mass is 32.1. The molecule has 1 aliphatic heterocycles. The molecule has 1 saturated carbocycles. The monoisotopic (exact) mass is 279 g/mol. The van der Waals surface area contributed by atoms with Crippen LogP contribution in [0.3, 0.4) is 0 Å². The topological polar surface area (TPSA) is 32.5 Å². The van der Waals surface area contributed by atoms with Gasteiger partial charge in [-0.05, 0) is 37.1 Å². The van der Waals surface area contributed by atoms with Gasteiger partial charge in [-0.25, -0.2) is 0 Å². The predicted molar refractivity (Wildman–Crippen MR) is 81.4 cm³/mol. The van der Waals surface area contributed by atoms with E-state index in [9.17, 15) is 0 Å². The third-order valence-corrected chi connectivity index (χ3v) is 5.29. The molecule has 1 aromatic heterocycles. The summed E-state index contributed by atoms with van der Waals surface area (Å²) in [5, 5.41) is 2.16. The number of hydrogen-bond acceptors (Lipinski definition) is 4. The Morgan fingerprint density at radius 1 is 1.32 bits per heavy atom. The number of thiophene rings is 1. The summed E-state index contributed by atoms with van der Waals surface area (Å²) < 4.78 is 0. The second-order valence-corrected chi connectivity index (χ2v) is 7.08. The number of hydrogen-bond donors (Lipinski definition) is 1. The summed E-state index contributed by atoms with van der Waals surface area (Å²) in [7, 11) is 0. The average molecular weight is 279 g/mol. The maximum Gasteiger partial charge on any atom is 0.0591 e. The molecule has 0 bridgehead atoms. The number of piperazine rings is 1. The minimum Gasteiger partial charge on any atom is -0.326 e. The van der Waals surface area contributed by atoms with Crippen molar-refractivity contribution in [1.29, 1.82) is 0 Å². The van der Waals surface area contributed by atoms with E-state index in [-0.39, 0.29) is 6.04 Å². The molecule has 3 rings (SSSR count). The SMILES string of the molecule is CC(N)C(c1cccs1)N1CCN(CC2CC2)CC1. The van der Waals surface area contributed by atoms with Crippen LogP contribution in [0, 0.1) is 5.92 Å². The first-order chi connectivity index (χ1) is 9.24. The van der Waals surface area contributed by atoms with Gasteiger partial charge in [0.15, 0.2) is 0 Å². The van der Waals surface area contributed by atoms with E-state index in [0.717, 1.165) is 19.0 Å². The molecule has 2 N–H and O–H groups in total. The normalized spacial score (nSPS) is 25.4. The Labute approximate surface area is 120 Å². The van der Waals surface area contributed by atoms with Crippen molar-refractivity contribution in [3.63, 3.8) is 0 Å². The molecule has 19 heavy (non-hydrogen) atoms. The average Bonchev–Trinajstić information content (AvgIpc) is 3.04. The molecule has 1 aliphatic carbocycles. The van der Waals surface area contributed by atoms with Gasteiger partial charge >= 0.3 is 0 Å². The Morgan fingerprint density at radius 3 is 2.58 bits per heavy atom. The predicted octanol–water partition coefficient (Wildman–Crippen LogP) is 2.16. The fraction of sp³-hybridized carbons (Fsp3) is 0.733. The summed E-state index contributed by atoms with van der Waals surface area (Å²) in [5.41, 5.74) is 6.24. The van der Waals surface area contributed by atoms with Crippen LogP contribution in [-0.2, 0) is 0 Å². The van der Waals surface area contributed by atoms with Gasteiger partial charge in [0.2, 0.25) is 0 Å². The Balaban J connectivity index is 1.58. The van der Waals surface area contributed by atoms with E-state index in [4.69, 9.17) is 5.73 Å². The lowest BCUT2D eigenvalue weighted by atomic mass is 10.1. The summed E-state index contributed by atoms with van der Waals surface area (Å²) in [6, 6.07) is 4.98. The Hall–Kier alpha value is -0.420. The zero-order valence-electron chi connectivity index (χ0n) is 11.8. The molecule has 0 amide bonds. The fourth-order valence-corrected chi connectivity index (χ4v) is 4.10. The molecule has 2 heterocycles. The van der Waals surface area contributed by atoms with Crippen LogP contribution in [-0.4, -0.2) is 48.6 Å². The summed E-state index contributed by atoms with van der Waals surface area (Å²) in [5.74, 6) is 1.01. The van der Waals surface area contributed by atoms with Crippen LogP contribution in [0.4, 0.5) is 0 Å². The lowest BCUT2D eigenvalue weighted by molar-refractivity contribution is 0.0856. The second kappa shape index (κ2) is 5.92. The van der Waals surface area contributed by atoms with Crippen molar-refractivity contribution < 1.29 is 0 Å². The van der Waals surface area contributed by atoms with Gasteiger partial charge in [-0.1, -0.05) is 6.07 Å². The van der Waals surface area contributed by atoms with Crippen molar-refractivity contribution >= 4 is 11.3 Å². The van der Waals surface area contributed by atoms with Gasteiger partial charge in [-0.2, -0.15) is 0 Å². The van der Waals surface area contributed by atoms with Crippen molar-refractivity contribution in [3.05, 3.63) is 22.4 Å². The smallest absolute Gasteiger partial charge is 0.0591 e. The van der Waals surface area contributed by atoms with Crippen LogP contribution in [0.5, 0.6) is 0 Å². The zero-order valence-corrected chi connectivity index (χ0v) is 12.6. The van der Waals surface area contributed by atoms with Crippen molar-refractivity contribution in [3.8, 4) is 0 Å². The molecule has 0 radical (unpaired) electrons. The van der Waals surface area contributed by atoms with Gasteiger partial charge in [0.25, 0.3) is 0 Å². The van der Waals surface area contributed by atoms with E-state index in [1.165, 1.54) is 37.4 Å². The molecule has 2 fully saturated rings. The van der Waals surface area contributed by atoms with Crippen LogP contribution < -0.4 is 5.73 Å². The molecular weight excluding hydrogens is 254 g/mol. The lowest BCUT2D eigenvalue weighted by Gasteiger charge is -2.40. The van der Waals surface area contributed by atoms with E-state index in [2.05, 4.69) is 34.2 Å². The minimum atomic E-state index is 0.202. The largest absolute Gasteiger partial charge is 0.326 e. The van der Waals surface area contributed by atoms with Gasteiger partial charge in [0.05, 0.1) is 6.04 Å². The molecule has 2 aliphatic rings. The van der Waals surface area contributed by atoms with Crippen LogP contribution >= 0.6 is 11.3 Å². The van der Waals surface area contributed by atoms with E-state index >= 15 is 0 Å². The maximum atomic E-state index is 6.24. The van der Waals surface area contributed by atoms with E-state index < -0.39 is 0 Å². The third kappa shape index (κ3) is 3.37. The van der Waals surface area contributed by atoms with E-state index in [1.807, 2.05) is 11.3 Å². The first-order valence-electron chi connectivity index (χ1n) is 7.49. The number of nitrogens with zero attached hydrogens (tertiary/aromatic N) is 2. The summed E-state index contributed by atoms with van der Waals surface area (Å²) in [4.78, 5) is 6.64. The first kappa shape index (κ1) is 13.6. The standard InChI is InChI=1S/C15H25N3S/c1-12(16)15(14-3-2-10-19-14)18-8-6-17(7-9-18)11-13-4-5-13/h2-3,10,12-13,15H,4-9,11,16H2,1H3. The van der Waals surface area contributed by atoms with E-state index in [0.29, 0.717) is 6.04 Å². The van der Waals surface area contributed by atoms with Gasteiger partial charge in [0, 0.05) is 43.6 Å². The zero-order chi connectivity index (χ0) is 13.2. The highest BCUT2D eigenvalue weighted by Gasteiger charge is 2.30. The summed E-state index contributed by atoms with van der Waals surface area (Å²) >= 11 is 1.84. The molecule has 0 aromatic carbocycles. The molecule has 1 aromatic rings. The second-order valence-electron chi connectivity index (χ2n) is 6.10. The Morgan fingerprint density at radius 2 is 2.05 bits per heavy atom. The van der Waals surface area contributed by atoms with Crippen molar-refractivity contribution in [2.45, 2.75) is 31.8 Å². The van der Waals surface area contributed by atoms with Crippen LogP contribution in [0.15, 0.2) is 17.5 Å². The third-order valence-electron chi connectivity index (χ3n) is 4.35. The van der Waals surface area contributed by atoms with Gasteiger partial charge in [-0.3, -0.25) is 4.90 Å². The van der Waals surface area contributed by atoms with Crippen LogP contribution in [0.1, 0.15) is 30.7 Å². The van der Waals surface area contributed by atoms with Crippen molar-refractivity contribution in [2.75, 3.05) is 32.7 Å². The highest BCUT2D eigenvalue weighted by Crippen LogP contribution is 2.31. The molecule has 3 nitrogen and oxygen atoms in total. The summed E-state index contributed by atoms with van der Waals surface area (Å²) in [6.45, 7) is 8.22. The molecule has 4 heteroatoms. The molecule has 2 atom stereocenters. The van der Waals surface area contributed by atoms with Gasteiger partial charge in [0.1, 0.15) is 0 Å². The number of rotatable bonds is 5. The quantitative estimate of drug-likeness (QED) is 0.896. The minimum absolute atomic E-state index is 0.202. The van der Waals surface area contributed by atoms with Crippen molar-refractivity contribution in [2.24, 2.45) is 11.7 Å². The van der Waals surface area contributed by atoms with Gasteiger partial charge in [-0.15, -0.1) is 11.3 Å². The van der Waals surface area contributed by atoms with E-state index in [1.54, 1.807) is 0 Å². The molecular formula is C15H25N3S.